The maximum atomic E-state index is 12.0. The van der Waals surface area contributed by atoms with Gasteiger partial charge in [-0.3, -0.25) is 4.79 Å². The molecule has 1 atom stereocenters. The number of hydrogen-bond donors (Lipinski definition) is 1. The lowest BCUT2D eigenvalue weighted by molar-refractivity contribution is 0.0682. The summed E-state index contributed by atoms with van der Waals surface area (Å²) in [4.78, 5) is 18.1. The van der Waals surface area contributed by atoms with Crippen LogP contribution in [0.4, 0.5) is 0 Å². The lowest BCUT2D eigenvalue weighted by Crippen LogP contribution is -2.37. The van der Waals surface area contributed by atoms with Crippen LogP contribution in [0.3, 0.4) is 0 Å². The largest absolute Gasteiger partial charge is 0.399 e. The molecule has 0 aliphatic heterocycles. The quantitative estimate of drug-likeness (QED) is 0.629. The van der Waals surface area contributed by atoms with E-state index >= 15 is 0 Å². The Morgan fingerprint density at radius 3 is 2.61 bits per heavy atom. The minimum atomic E-state index is -0.202. The van der Waals surface area contributed by atoms with E-state index in [4.69, 9.17) is 5.11 Å². The Morgan fingerprint density at radius 1 is 1.50 bits per heavy atom. The molecule has 0 aliphatic rings. The zero-order valence-electron chi connectivity index (χ0n) is 10.8. The zero-order valence-corrected chi connectivity index (χ0v) is 10.8. The van der Waals surface area contributed by atoms with Gasteiger partial charge >= 0.3 is 0 Å². The molecule has 0 fully saturated rings. The van der Waals surface area contributed by atoms with E-state index in [9.17, 15) is 4.79 Å². The van der Waals surface area contributed by atoms with E-state index in [2.05, 4.69) is 9.99 Å². The summed E-state index contributed by atoms with van der Waals surface area (Å²) in [5.41, 5.74) is 1.43. The maximum absolute atomic E-state index is 12.0. The van der Waals surface area contributed by atoms with Crippen LogP contribution in [0.1, 0.15) is 22.8 Å². The third-order valence-electron chi connectivity index (χ3n) is 2.71. The van der Waals surface area contributed by atoms with Crippen LogP contribution in [0, 0.1) is 0 Å². The van der Waals surface area contributed by atoms with Gasteiger partial charge in [-0.1, -0.05) is 17.3 Å². The van der Waals surface area contributed by atoms with Gasteiger partial charge in [-0.25, -0.2) is 0 Å². The lowest BCUT2D eigenvalue weighted by atomic mass is 10.1. The van der Waals surface area contributed by atoms with Gasteiger partial charge in [0.25, 0.3) is 5.91 Å². The van der Waals surface area contributed by atoms with Crippen molar-refractivity contribution in [1.82, 2.24) is 4.90 Å². The summed E-state index contributed by atoms with van der Waals surface area (Å²) in [6.45, 7) is 1.73. The number of benzene rings is 1. The van der Waals surface area contributed by atoms with Crippen LogP contribution in [0.15, 0.2) is 29.4 Å². The van der Waals surface area contributed by atoms with Crippen LogP contribution in [0.2, 0.25) is 0 Å². The topological polar surface area (TPSA) is 62.1 Å². The summed E-state index contributed by atoms with van der Waals surface area (Å²) >= 11 is 0. The van der Waals surface area contributed by atoms with Crippen LogP contribution in [-0.2, 0) is 4.84 Å². The van der Waals surface area contributed by atoms with Crippen molar-refractivity contribution in [2.24, 2.45) is 5.16 Å². The highest BCUT2D eigenvalue weighted by Crippen LogP contribution is 2.08. The molecule has 1 unspecified atom stereocenters. The van der Waals surface area contributed by atoms with Gasteiger partial charge in [0.2, 0.25) is 0 Å². The fourth-order valence-electron chi connectivity index (χ4n) is 1.35. The maximum Gasteiger partial charge on any atom is 0.253 e. The number of carbonyl (C=O) groups is 1. The molecule has 0 radical (unpaired) electrons. The second-order valence-electron chi connectivity index (χ2n) is 3.99. The predicted molar refractivity (Wildman–Crippen MR) is 69.7 cm³/mol. The number of amides is 1. The van der Waals surface area contributed by atoms with Gasteiger partial charge in [0.1, 0.15) is 7.11 Å². The first-order valence-corrected chi connectivity index (χ1v) is 5.64. The van der Waals surface area contributed by atoms with Crippen molar-refractivity contribution < 1.29 is 14.7 Å². The van der Waals surface area contributed by atoms with Crippen LogP contribution in [0.25, 0.3) is 0 Å². The Morgan fingerprint density at radius 2 is 2.11 bits per heavy atom. The molecule has 18 heavy (non-hydrogen) atoms. The Hall–Kier alpha value is -1.88. The second kappa shape index (κ2) is 6.76. The summed E-state index contributed by atoms with van der Waals surface area (Å²) in [6.07, 6.45) is 1.56. The third-order valence-corrected chi connectivity index (χ3v) is 2.71. The summed E-state index contributed by atoms with van der Waals surface area (Å²) in [7, 11) is 3.14. The number of rotatable bonds is 5. The van der Waals surface area contributed by atoms with Gasteiger partial charge in [-0.05, 0) is 24.6 Å². The first-order chi connectivity index (χ1) is 8.60. The molecule has 0 aliphatic carbocycles. The van der Waals surface area contributed by atoms with Gasteiger partial charge < -0.3 is 14.8 Å². The first-order valence-electron chi connectivity index (χ1n) is 5.64. The van der Waals surface area contributed by atoms with Crippen molar-refractivity contribution in [3.05, 3.63) is 35.4 Å². The highest BCUT2D eigenvalue weighted by molar-refractivity contribution is 5.95. The van der Waals surface area contributed by atoms with E-state index < -0.39 is 0 Å². The molecule has 1 N–H and O–H groups in total. The molecule has 0 heterocycles. The number of hydrogen-bond acceptors (Lipinski definition) is 4. The third kappa shape index (κ3) is 3.56. The standard InChI is InChI=1S/C13H18N2O3/c1-10(9-16)15(2)13(17)12-6-4-11(5-7-12)8-14-18-3/h4-8,10,16H,9H2,1-3H3/b14-8+. The van der Waals surface area contributed by atoms with E-state index in [0.29, 0.717) is 5.56 Å². The molecule has 0 bridgehead atoms. The monoisotopic (exact) mass is 250 g/mol. The fraction of sp³-hybridized carbons (Fsp3) is 0.385. The molecule has 0 saturated carbocycles. The number of carbonyl (C=O) groups excluding carboxylic acids is 1. The zero-order chi connectivity index (χ0) is 13.5. The van der Waals surface area contributed by atoms with Gasteiger partial charge in [-0.15, -0.1) is 0 Å². The molecular weight excluding hydrogens is 232 g/mol. The van der Waals surface area contributed by atoms with Crippen LogP contribution in [0.5, 0.6) is 0 Å². The van der Waals surface area contributed by atoms with E-state index in [0.717, 1.165) is 5.56 Å². The SMILES string of the molecule is CO/N=C/c1ccc(C(=O)N(C)C(C)CO)cc1. The number of likely N-dealkylation sites (N-methyl/N-ethyl adjacent to an activating group) is 1. The molecule has 5 heteroatoms. The smallest absolute Gasteiger partial charge is 0.253 e. The van der Waals surface area contributed by atoms with Crippen LogP contribution in [-0.4, -0.2) is 48.9 Å². The Kier molecular flexibility index (Phi) is 5.32. The normalized spacial score (nSPS) is 12.4. The highest BCUT2D eigenvalue weighted by atomic mass is 16.6. The molecule has 1 rings (SSSR count). The van der Waals surface area contributed by atoms with E-state index in [1.54, 1.807) is 44.5 Å². The number of aliphatic hydroxyl groups is 1. The molecule has 0 aromatic heterocycles. The first kappa shape index (κ1) is 14.2. The summed E-state index contributed by atoms with van der Waals surface area (Å²) in [5, 5.41) is 12.7. The van der Waals surface area contributed by atoms with Crippen molar-refractivity contribution >= 4 is 12.1 Å². The molecule has 0 saturated heterocycles. The molecule has 1 aromatic rings. The Labute approximate surface area is 107 Å². The molecule has 1 amide bonds. The number of nitrogens with zero attached hydrogens (tertiary/aromatic N) is 2. The minimum absolute atomic E-state index is 0.0547. The van der Waals surface area contributed by atoms with Crippen molar-refractivity contribution in [2.45, 2.75) is 13.0 Å². The highest BCUT2D eigenvalue weighted by Gasteiger charge is 2.16. The fourth-order valence-corrected chi connectivity index (χ4v) is 1.35. The second-order valence-corrected chi connectivity index (χ2v) is 3.99. The van der Waals surface area contributed by atoms with E-state index in [1.165, 1.54) is 12.0 Å². The lowest BCUT2D eigenvalue weighted by Gasteiger charge is -2.23. The summed E-state index contributed by atoms with van der Waals surface area (Å²) in [5.74, 6) is -0.119. The number of aliphatic hydroxyl groups excluding tert-OH is 1. The molecule has 5 nitrogen and oxygen atoms in total. The van der Waals surface area contributed by atoms with Crippen LogP contribution >= 0.6 is 0 Å². The minimum Gasteiger partial charge on any atom is -0.399 e. The Balaban J connectivity index is 2.79. The molecule has 1 aromatic carbocycles. The van der Waals surface area contributed by atoms with Crippen molar-refractivity contribution in [1.29, 1.82) is 0 Å². The molecular formula is C13H18N2O3. The molecule has 0 spiro atoms. The number of oxime groups is 1. The van der Waals surface area contributed by atoms with Crippen molar-refractivity contribution in [3.8, 4) is 0 Å². The summed E-state index contributed by atoms with van der Waals surface area (Å²) < 4.78 is 0. The van der Waals surface area contributed by atoms with Gasteiger partial charge in [-0.2, -0.15) is 0 Å². The Bertz CT molecular complexity index is 415. The van der Waals surface area contributed by atoms with Gasteiger partial charge in [0.15, 0.2) is 0 Å². The average Bonchev–Trinajstić information content (AvgIpc) is 2.43. The molecule has 98 valence electrons. The van der Waals surface area contributed by atoms with Crippen LogP contribution < -0.4 is 0 Å². The van der Waals surface area contributed by atoms with Crippen molar-refractivity contribution in [2.75, 3.05) is 20.8 Å². The summed E-state index contributed by atoms with van der Waals surface area (Å²) in [6, 6.07) is 6.81. The van der Waals surface area contributed by atoms with E-state index in [-0.39, 0.29) is 18.6 Å². The van der Waals surface area contributed by atoms with E-state index in [1.807, 2.05) is 0 Å². The van der Waals surface area contributed by atoms with Crippen molar-refractivity contribution in [3.63, 3.8) is 0 Å². The average molecular weight is 250 g/mol. The predicted octanol–water partition coefficient (Wildman–Crippen LogP) is 1.12. The van der Waals surface area contributed by atoms with Gasteiger partial charge in [0.05, 0.1) is 18.9 Å². The van der Waals surface area contributed by atoms with Gasteiger partial charge in [0, 0.05) is 12.6 Å².